The van der Waals surface area contributed by atoms with Gasteiger partial charge < -0.3 is 10.1 Å². The van der Waals surface area contributed by atoms with Crippen LogP contribution in [0.25, 0.3) is 16.7 Å². The molecule has 0 spiro atoms. The van der Waals surface area contributed by atoms with Crippen LogP contribution in [0.3, 0.4) is 0 Å². The van der Waals surface area contributed by atoms with E-state index in [9.17, 15) is 0 Å². The largest absolute Gasteiger partial charge is 0.383 e. The predicted octanol–water partition coefficient (Wildman–Crippen LogP) is 1.55. The molecule has 0 unspecified atom stereocenters. The number of rotatable bonds is 6. The maximum Gasteiger partial charge on any atom is 0.160 e. The smallest absolute Gasteiger partial charge is 0.160 e. The van der Waals surface area contributed by atoms with Crippen LogP contribution in [0.2, 0.25) is 0 Å². The number of hydrogen-bond donors (Lipinski definition) is 1. The van der Waals surface area contributed by atoms with E-state index in [1.165, 1.54) is 6.33 Å². The highest BCUT2D eigenvalue weighted by atomic mass is 16.5. The van der Waals surface area contributed by atoms with E-state index in [1.807, 2.05) is 18.2 Å². The lowest BCUT2D eigenvalue weighted by Gasteiger charge is -2.11. The number of benzene rings is 1. The number of ether oxygens (including phenoxy) is 1. The van der Waals surface area contributed by atoms with Crippen LogP contribution in [-0.4, -0.2) is 40.0 Å². The molecule has 6 nitrogen and oxygen atoms in total. The first-order valence-electron chi connectivity index (χ1n) is 6.82. The molecule has 0 aliphatic heterocycles. The van der Waals surface area contributed by atoms with Gasteiger partial charge in [0.05, 0.1) is 12.1 Å². The van der Waals surface area contributed by atoms with Crippen LogP contribution in [0.15, 0.2) is 43.0 Å². The Labute approximate surface area is 122 Å². The molecular weight excluding hydrogens is 266 g/mol. The minimum absolute atomic E-state index is 0.680. The maximum atomic E-state index is 5.05. The molecule has 3 rings (SSSR count). The standard InChI is InChI=1S/C15H17N5O/c1-21-7-6-16-9-13-8-12-4-2-3-5-14(12)19-15(13)20-11-17-10-18-20/h2-5,8,10-11,16H,6-7,9H2,1H3. The van der Waals surface area contributed by atoms with E-state index in [-0.39, 0.29) is 0 Å². The Morgan fingerprint density at radius 1 is 1.29 bits per heavy atom. The average Bonchev–Trinajstić information content (AvgIpc) is 3.05. The van der Waals surface area contributed by atoms with Crippen molar-refractivity contribution >= 4 is 10.9 Å². The summed E-state index contributed by atoms with van der Waals surface area (Å²) in [6.45, 7) is 2.18. The third-order valence-corrected chi connectivity index (χ3v) is 3.21. The second kappa shape index (κ2) is 6.43. The first kappa shape index (κ1) is 13.7. The molecule has 0 amide bonds. The van der Waals surface area contributed by atoms with Gasteiger partial charge in [-0.25, -0.2) is 14.6 Å². The van der Waals surface area contributed by atoms with Crippen LogP contribution in [0.1, 0.15) is 5.56 Å². The van der Waals surface area contributed by atoms with E-state index in [0.29, 0.717) is 13.2 Å². The Balaban J connectivity index is 1.96. The van der Waals surface area contributed by atoms with E-state index in [2.05, 4.69) is 27.5 Å². The summed E-state index contributed by atoms with van der Waals surface area (Å²) in [5.74, 6) is 0.802. The van der Waals surface area contributed by atoms with Crippen LogP contribution >= 0.6 is 0 Å². The Morgan fingerprint density at radius 2 is 2.19 bits per heavy atom. The van der Waals surface area contributed by atoms with Gasteiger partial charge in [0.1, 0.15) is 12.7 Å². The molecule has 6 heteroatoms. The van der Waals surface area contributed by atoms with Crippen LogP contribution in [0.4, 0.5) is 0 Å². The molecule has 0 saturated carbocycles. The summed E-state index contributed by atoms with van der Waals surface area (Å²) < 4.78 is 6.74. The SMILES string of the molecule is COCCNCc1cc2ccccc2nc1-n1cncn1. The average molecular weight is 283 g/mol. The van der Waals surface area contributed by atoms with E-state index >= 15 is 0 Å². The molecule has 3 aromatic rings. The van der Waals surface area contributed by atoms with Gasteiger partial charge in [-0.2, -0.15) is 5.10 Å². The first-order valence-corrected chi connectivity index (χ1v) is 6.82. The third kappa shape index (κ3) is 3.07. The molecular formula is C15H17N5O. The minimum atomic E-state index is 0.680. The molecule has 1 aromatic carbocycles. The van der Waals surface area contributed by atoms with Gasteiger partial charge in [-0.05, 0) is 12.1 Å². The van der Waals surface area contributed by atoms with Crippen molar-refractivity contribution in [2.24, 2.45) is 0 Å². The van der Waals surface area contributed by atoms with Crippen LogP contribution in [0.5, 0.6) is 0 Å². The number of para-hydroxylation sites is 1. The van der Waals surface area contributed by atoms with Gasteiger partial charge in [0, 0.05) is 31.1 Å². The van der Waals surface area contributed by atoms with Crippen molar-refractivity contribution in [1.29, 1.82) is 0 Å². The summed E-state index contributed by atoms with van der Waals surface area (Å²) in [6, 6.07) is 10.2. The number of nitrogens with one attached hydrogen (secondary N) is 1. The van der Waals surface area contributed by atoms with Crippen molar-refractivity contribution < 1.29 is 4.74 Å². The zero-order chi connectivity index (χ0) is 14.5. The molecule has 0 fully saturated rings. The Morgan fingerprint density at radius 3 is 3.00 bits per heavy atom. The number of nitrogens with zero attached hydrogens (tertiary/aromatic N) is 4. The van der Waals surface area contributed by atoms with Crippen LogP contribution in [-0.2, 0) is 11.3 Å². The highest BCUT2D eigenvalue weighted by molar-refractivity contribution is 5.80. The predicted molar refractivity (Wildman–Crippen MR) is 80.2 cm³/mol. The molecule has 2 heterocycles. The fourth-order valence-electron chi connectivity index (χ4n) is 2.19. The second-order valence-corrected chi connectivity index (χ2v) is 4.67. The second-order valence-electron chi connectivity index (χ2n) is 4.67. The Hall–Kier alpha value is -2.31. The lowest BCUT2D eigenvalue weighted by molar-refractivity contribution is 0.199. The fraction of sp³-hybridized carbons (Fsp3) is 0.267. The molecule has 0 saturated heterocycles. The minimum Gasteiger partial charge on any atom is -0.383 e. The molecule has 2 aromatic heterocycles. The topological polar surface area (TPSA) is 64.9 Å². The summed E-state index contributed by atoms with van der Waals surface area (Å²) in [6.07, 6.45) is 3.18. The van der Waals surface area contributed by atoms with Crippen molar-refractivity contribution in [3.05, 3.63) is 48.5 Å². The summed E-state index contributed by atoms with van der Waals surface area (Å²) in [5, 5.41) is 8.65. The van der Waals surface area contributed by atoms with E-state index in [0.717, 1.165) is 28.8 Å². The van der Waals surface area contributed by atoms with Crippen molar-refractivity contribution in [3.8, 4) is 5.82 Å². The van der Waals surface area contributed by atoms with Gasteiger partial charge in [0.2, 0.25) is 0 Å². The van der Waals surface area contributed by atoms with Gasteiger partial charge in [-0.1, -0.05) is 18.2 Å². The number of aromatic nitrogens is 4. The van der Waals surface area contributed by atoms with Crippen molar-refractivity contribution in [2.75, 3.05) is 20.3 Å². The fourth-order valence-corrected chi connectivity index (χ4v) is 2.19. The first-order chi connectivity index (χ1) is 10.4. The molecule has 0 atom stereocenters. The monoisotopic (exact) mass is 283 g/mol. The van der Waals surface area contributed by atoms with Crippen molar-refractivity contribution in [2.45, 2.75) is 6.54 Å². The zero-order valence-corrected chi connectivity index (χ0v) is 11.9. The van der Waals surface area contributed by atoms with E-state index in [1.54, 1.807) is 18.1 Å². The molecule has 0 aliphatic carbocycles. The van der Waals surface area contributed by atoms with Gasteiger partial charge in [-0.3, -0.25) is 0 Å². The highest BCUT2D eigenvalue weighted by Gasteiger charge is 2.09. The van der Waals surface area contributed by atoms with Gasteiger partial charge in [0.15, 0.2) is 5.82 Å². The summed E-state index contributed by atoms with van der Waals surface area (Å²) in [7, 11) is 1.69. The Bertz CT molecular complexity index is 711. The molecule has 108 valence electrons. The summed E-state index contributed by atoms with van der Waals surface area (Å²) in [5.41, 5.74) is 2.03. The van der Waals surface area contributed by atoms with E-state index < -0.39 is 0 Å². The quantitative estimate of drug-likeness (QED) is 0.695. The highest BCUT2D eigenvalue weighted by Crippen LogP contribution is 2.19. The number of fused-ring (bicyclic) bond motifs is 1. The van der Waals surface area contributed by atoms with E-state index in [4.69, 9.17) is 9.72 Å². The van der Waals surface area contributed by atoms with Gasteiger partial charge in [0.25, 0.3) is 0 Å². The number of methoxy groups -OCH3 is 1. The molecule has 21 heavy (non-hydrogen) atoms. The summed E-state index contributed by atoms with van der Waals surface area (Å²) in [4.78, 5) is 8.71. The van der Waals surface area contributed by atoms with Crippen molar-refractivity contribution in [1.82, 2.24) is 25.1 Å². The third-order valence-electron chi connectivity index (χ3n) is 3.21. The van der Waals surface area contributed by atoms with Crippen LogP contribution < -0.4 is 5.32 Å². The summed E-state index contributed by atoms with van der Waals surface area (Å²) >= 11 is 0. The molecule has 0 bridgehead atoms. The van der Waals surface area contributed by atoms with Gasteiger partial charge in [-0.15, -0.1) is 0 Å². The zero-order valence-electron chi connectivity index (χ0n) is 11.9. The molecule has 0 aliphatic rings. The number of pyridine rings is 1. The molecule has 1 N–H and O–H groups in total. The number of hydrogen-bond acceptors (Lipinski definition) is 5. The lowest BCUT2D eigenvalue weighted by atomic mass is 10.1. The molecule has 0 radical (unpaired) electrons. The Kier molecular flexibility index (Phi) is 4.18. The van der Waals surface area contributed by atoms with Crippen LogP contribution in [0, 0.1) is 0 Å². The van der Waals surface area contributed by atoms with Gasteiger partial charge >= 0.3 is 0 Å². The van der Waals surface area contributed by atoms with Crippen molar-refractivity contribution in [3.63, 3.8) is 0 Å². The maximum absolute atomic E-state index is 5.05. The normalized spacial score (nSPS) is 11.1. The lowest BCUT2D eigenvalue weighted by Crippen LogP contribution is -2.20.